The Balaban J connectivity index is 1.53. The average molecular weight is 289 g/mol. The highest BCUT2D eigenvalue weighted by molar-refractivity contribution is 5.77. The van der Waals surface area contributed by atoms with Gasteiger partial charge in [0.25, 0.3) is 5.91 Å². The predicted molar refractivity (Wildman–Crippen MR) is 82.1 cm³/mol. The molecular weight excluding hydrogens is 266 g/mol. The molecule has 2 fully saturated rings. The van der Waals surface area contributed by atoms with Crippen molar-refractivity contribution < 1.29 is 9.53 Å². The Bertz CT molecular complexity index is 489. The number of ether oxygens (including phenoxy) is 1. The number of carbonyl (C=O) groups excluding carboxylic acids is 1. The predicted octanol–water partition coefficient (Wildman–Crippen LogP) is 1.34. The molecule has 2 N–H and O–H groups in total. The smallest absolute Gasteiger partial charge is 0.260 e. The zero-order valence-electron chi connectivity index (χ0n) is 12.3. The van der Waals surface area contributed by atoms with E-state index in [1.54, 1.807) is 24.3 Å². The van der Waals surface area contributed by atoms with Crippen LogP contribution in [0.4, 0.5) is 5.69 Å². The van der Waals surface area contributed by atoms with Crippen LogP contribution in [0.1, 0.15) is 19.3 Å². The van der Waals surface area contributed by atoms with Gasteiger partial charge >= 0.3 is 0 Å². The first-order valence-corrected chi connectivity index (χ1v) is 7.72. The largest absolute Gasteiger partial charge is 0.484 e. The Morgan fingerprint density at radius 2 is 1.95 bits per heavy atom. The Kier molecular flexibility index (Phi) is 4.29. The van der Waals surface area contributed by atoms with Crippen molar-refractivity contribution in [3.05, 3.63) is 24.3 Å². The van der Waals surface area contributed by atoms with Crippen molar-refractivity contribution in [2.24, 2.45) is 0 Å². The molecule has 2 heterocycles. The van der Waals surface area contributed by atoms with Crippen LogP contribution >= 0.6 is 0 Å². The van der Waals surface area contributed by atoms with Gasteiger partial charge in [-0.3, -0.25) is 9.69 Å². The molecule has 0 aliphatic carbocycles. The van der Waals surface area contributed by atoms with Gasteiger partial charge in [-0.15, -0.1) is 0 Å². The van der Waals surface area contributed by atoms with Crippen molar-refractivity contribution in [1.82, 2.24) is 9.80 Å². The number of hydrogen-bond donors (Lipinski definition) is 1. The summed E-state index contributed by atoms with van der Waals surface area (Å²) in [6.45, 7) is 4.11. The average Bonchev–Trinajstić information content (AvgIpc) is 2.83. The van der Waals surface area contributed by atoms with Gasteiger partial charge in [-0.25, -0.2) is 0 Å². The van der Waals surface area contributed by atoms with Crippen LogP contribution in [-0.4, -0.2) is 54.5 Å². The second kappa shape index (κ2) is 6.35. The molecule has 5 nitrogen and oxygen atoms in total. The number of nitrogens with two attached hydrogens (primary N) is 1. The Labute approximate surface area is 125 Å². The van der Waals surface area contributed by atoms with Crippen molar-refractivity contribution in [2.75, 3.05) is 38.5 Å². The molecule has 3 rings (SSSR count). The number of hydrogen-bond acceptors (Lipinski definition) is 4. The van der Waals surface area contributed by atoms with Crippen LogP contribution in [0.15, 0.2) is 24.3 Å². The van der Waals surface area contributed by atoms with Crippen LogP contribution in [0.3, 0.4) is 0 Å². The van der Waals surface area contributed by atoms with Crippen molar-refractivity contribution in [3.8, 4) is 5.75 Å². The summed E-state index contributed by atoms with van der Waals surface area (Å²) in [5.41, 5.74) is 6.33. The number of rotatable bonds is 3. The van der Waals surface area contributed by atoms with Gasteiger partial charge < -0.3 is 15.4 Å². The van der Waals surface area contributed by atoms with Gasteiger partial charge in [-0.2, -0.15) is 0 Å². The van der Waals surface area contributed by atoms with E-state index in [9.17, 15) is 4.79 Å². The molecule has 0 bridgehead atoms. The van der Waals surface area contributed by atoms with E-state index in [-0.39, 0.29) is 12.5 Å². The number of benzene rings is 1. The molecule has 0 spiro atoms. The molecule has 0 radical (unpaired) electrons. The van der Waals surface area contributed by atoms with Crippen LogP contribution < -0.4 is 10.5 Å². The van der Waals surface area contributed by atoms with E-state index in [1.165, 1.54) is 19.4 Å². The van der Waals surface area contributed by atoms with Crippen molar-refractivity contribution in [3.63, 3.8) is 0 Å². The maximum Gasteiger partial charge on any atom is 0.260 e. The quantitative estimate of drug-likeness (QED) is 0.853. The molecule has 0 saturated carbocycles. The fourth-order valence-electron chi connectivity index (χ4n) is 3.23. The molecule has 2 aliphatic heterocycles. The SMILES string of the molecule is Nc1ccc(OCC(=O)N2CCCN3CCCC3C2)cc1. The highest BCUT2D eigenvalue weighted by Crippen LogP contribution is 2.21. The van der Waals surface area contributed by atoms with E-state index in [4.69, 9.17) is 10.5 Å². The molecule has 1 amide bonds. The lowest BCUT2D eigenvalue weighted by molar-refractivity contribution is -0.133. The molecule has 21 heavy (non-hydrogen) atoms. The fraction of sp³-hybridized carbons (Fsp3) is 0.562. The molecule has 1 atom stereocenters. The minimum absolute atomic E-state index is 0.0839. The van der Waals surface area contributed by atoms with Crippen molar-refractivity contribution in [2.45, 2.75) is 25.3 Å². The monoisotopic (exact) mass is 289 g/mol. The molecular formula is C16H23N3O2. The van der Waals surface area contributed by atoms with Gasteiger partial charge in [0.1, 0.15) is 5.75 Å². The summed E-state index contributed by atoms with van der Waals surface area (Å²) < 4.78 is 5.57. The topological polar surface area (TPSA) is 58.8 Å². The summed E-state index contributed by atoms with van der Waals surface area (Å²) >= 11 is 0. The lowest BCUT2D eigenvalue weighted by atomic mass is 10.2. The molecule has 114 valence electrons. The second-order valence-electron chi connectivity index (χ2n) is 5.88. The number of nitrogens with zero attached hydrogens (tertiary/aromatic N) is 2. The van der Waals surface area contributed by atoms with Crippen LogP contribution in [0.25, 0.3) is 0 Å². The van der Waals surface area contributed by atoms with Gasteiger partial charge in [0.05, 0.1) is 0 Å². The standard InChI is InChI=1S/C16H23N3O2/c17-13-4-6-15(7-5-13)21-12-16(20)19-10-2-9-18-8-1-3-14(18)11-19/h4-7,14H,1-3,8-12,17H2. The third-order valence-corrected chi connectivity index (χ3v) is 4.40. The van der Waals surface area contributed by atoms with E-state index < -0.39 is 0 Å². The molecule has 1 aromatic carbocycles. The van der Waals surface area contributed by atoms with E-state index >= 15 is 0 Å². The van der Waals surface area contributed by atoms with E-state index in [1.807, 2.05) is 4.90 Å². The van der Waals surface area contributed by atoms with Gasteiger partial charge in [0.15, 0.2) is 6.61 Å². The summed E-state index contributed by atoms with van der Waals surface area (Å²) in [6, 6.07) is 7.70. The molecule has 2 saturated heterocycles. The summed E-state index contributed by atoms with van der Waals surface area (Å²) in [5.74, 6) is 0.774. The van der Waals surface area contributed by atoms with Crippen LogP contribution in [0, 0.1) is 0 Å². The lowest BCUT2D eigenvalue weighted by Gasteiger charge is -2.25. The summed E-state index contributed by atoms with van der Waals surface area (Å²) in [4.78, 5) is 16.8. The van der Waals surface area contributed by atoms with Crippen LogP contribution in [0.2, 0.25) is 0 Å². The Morgan fingerprint density at radius 3 is 2.76 bits per heavy atom. The van der Waals surface area contributed by atoms with E-state index in [2.05, 4.69) is 4.90 Å². The molecule has 2 aliphatic rings. The highest BCUT2D eigenvalue weighted by Gasteiger charge is 2.30. The first-order valence-electron chi connectivity index (χ1n) is 7.72. The molecule has 1 unspecified atom stereocenters. The Morgan fingerprint density at radius 1 is 1.19 bits per heavy atom. The first kappa shape index (κ1) is 14.2. The molecule has 1 aromatic rings. The van der Waals surface area contributed by atoms with Crippen molar-refractivity contribution >= 4 is 11.6 Å². The van der Waals surface area contributed by atoms with Crippen LogP contribution in [-0.2, 0) is 4.79 Å². The minimum Gasteiger partial charge on any atom is -0.484 e. The first-order chi connectivity index (χ1) is 10.2. The normalized spacial score (nSPS) is 22.7. The van der Waals surface area contributed by atoms with Gasteiger partial charge in [-0.1, -0.05) is 0 Å². The fourth-order valence-corrected chi connectivity index (χ4v) is 3.23. The summed E-state index contributed by atoms with van der Waals surface area (Å²) in [6.07, 6.45) is 3.53. The molecule has 5 heteroatoms. The third kappa shape index (κ3) is 3.47. The number of amides is 1. The number of fused-ring (bicyclic) bond motifs is 1. The third-order valence-electron chi connectivity index (χ3n) is 4.40. The molecule has 0 aromatic heterocycles. The van der Waals surface area contributed by atoms with Crippen molar-refractivity contribution in [1.29, 1.82) is 0 Å². The van der Waals surface area contributed by atoms with Gasteiger partial charge in [-0.05, 0) is 50.1 Å². The van der Waals surface area contributed by atoms with Gasteiger partial charge in [0, 0.05) is 31.4 Å². The maximum atomic E-state index is 12.3. The van der Waals surface area contributed by atoms with Gasteiger partial charge in [0.2, 0.25) is 0 Å². The van der Waals surface area contributed by atoms with E-state index in [0.29, 0.717) is 17.5 Å². The number of carbonyl (C=O) groups is 1. The highest BCUT2D eigenvalue weighted by atomic mass is 16.5. The lowest BCUT2D eigenvalue weighted by Crippen LogP contribution is -2.41. The number of nitrogen functional groups attached to an aromatic ring is 1. The second-order valence-corrected chi connectivity index (χ2v) is 5.88. The summed E-state index contributed by atoms with van der Waals surface area (Å²) in [7, 11) is 0. The zero-order valence-corrected chi connectivity index (χ0v) is 12.3. The van der Waals surface area contributed by atoms with E-state index in [0.717, 1.165) is 26.1 Å². The minimum atomic E-state index is 0.0839. The maximum absolute atomic E-state index is 12.3. The zero-order chi connectivity index (χ0) is 14.7. The van der Waals surface area contributed by atoms with Crippen LogP contribution in [0.5, 0.6) is 5.75 Å². The number of anilines is 1. The summed E-state index contributed by atoms with van der Waals surface area (Å²) in [5, 5.41) is 0. The Hall–Kier alpha value is -1.75.